The minimum Gasteiger partial charge on any atom is -0.268 e. The van der Waals surface area contributed by atoms with Gasteiger partial charge in [-0.05, 0) is 48.4 Å². The third-order valence-electron chi connectivity index (χ3n) is 4.76. The van der Waals surface area contributed by atoms with Crippen LogP contribution in [0, 0.1) is 5.82 Å². The zero-order chi connectivity index (χ0) is 20.4. The van der Waals surface area contributed by atoms with E-state index in [1.807, 2.05) is 36.4 Å². The van der Waals surface area contributed by atoms with Crippen molar-refractivity contribution in [3.63, 3.8) is 0 Å². The number of aromatic nitrogens is 2. The zero-order valence-electron chi connectivity index (χ0n) is 15.7. The molecule has 0 atom stereocenters. The first-order valence-corrected chi connectivity index (χ1v) is 10.6. The number of benzene rings is 3. The van der Waals surface area contributed by atoms with Crippen molar-refractivity contribution in [3.8, 4) is 5.69 Å². The summed E-state index contributed by atoms with van der Waals surface area (Å²) in [6, 6.07) is 19.7. The van der Waals surface area contributed by atoms with Crippen LogP contribution in [0.1, 0.15) is 18.1 Å². The van der Waals surface area contributed by atoms with Gasteiger partial charge in [-0.3, -0.25) is 9.36 Å². The van der Waals surface area contributed by atoms with Crippen LogP contribution < -0.4 is 5.56 Å². The van der Waals surface area contributed by atoms with Gasteiger partial charge >= 0.3 is 0 Å². The molecule has 0 saturated carbocycles. The Morgan fingerprint density at radius 1 is 1.03 bits per heavy atom. The molecule has 29 heavy (non-hydrogen) atoms. The Labute approximate surface area is 177 Å². The van der Waals surface area contributed by atoms with Crippen molar-refractivity contribution >= 4 is 34.3 Å². The summed E-state index contributed by atoms with van der Waals surface area (Å²) in [5, 5.41) is 1.40. The highest BCUT2D eigenvalue weighted by atomic mass is 35.5. The molecule has 146 valence electrons. The van der Waals surface area contributed by atoms with Crippen molar-refractivity contribution < 1.29 is 4.39 Å². The smallest absolute Gasteiger partial charge is 0.266 e. The van der Waals surface area contributed by atoms with Gasteiger partial charge in [-0.1, -0.05) is 60.6 Å². The van der Waals surface area contributed by atoms with Crippen LogP contribution in [0.25, 0.3) is 16.6 Å². The molecule has 0 amide bonds. The van der Waals surface area contributed by atoms with Crippen LogP contribution in [0.2, 0.25) is 5.02 Å². The summed E-state index contributed by atoms with van der Waals surface area (Å²) in [6.45, 7) is 2.08. The number of halogens is 2. The van der Waals surface area contributed by atoms with Crippen molar-refractivity contribution in [2.24, 2.45) is 0 Å². The fourth-order valence-corrected chi connectivity index (χ4v) is 4.48. The average Bonchev–Trinajstić information content (AvgIpc) is 2.74. The fraction of sp³-hybridized carbons (Fsp3) is 0.130. The minimum atomic E-state index is -0.369. The maximum Gasteiger partial charge on any atom is 0.266 e. The van der Waals surface area contributed by atoms with Crippen LogP contribution in [-0.2, 0) is 12.2 Å². The van der Waals surface area contributed by atoms with Crippen LogP contribution in [0.15, 0.2) is 76.7 Å². The Kier molecular flexibility index (Phi) is 5.69. The Bertz CT molecular complexity index is 1220. The largest absolute Gasteiger partial charge is 0.268 e. The van der Waals surface area contributed by atoms with E-state index in [1.165, 1.54) is 23.4 Å². The summed E-state index contributed by atoms with van der Waals surface area (Å²) >= 11 is 7.46. The first-order valence-electron chi connectivity index (χ1n) is 9.25. The maximum absolute atomic E-state index is 14.2. The molecule has 0 saturated heterocycles. The highest BCUT2D eigenvalue weighted by Crippen LogP contribution is 2.29. The van der Waals surface area contributed by atoms with Crippen LogP contribution in [0.5, 0.6) is 0 Å². The Morgan fingerprint density at radius 3 is 2.52 bits per heavy atom. The summed E-state index contributed by atoms with van der Waals surface area (Å²) in [5.74, 6) is -0.101. The number of aryl methyl sites for hydroxylation is 1. The second kappa shape index (κ2) is 8.39. The van der Waals surface area contributed by atoms with Gasteiger partial charge in [-0.25, -0.2) is 9.37 Å². The minimum absolute atomic E-state index is 0.151. The SMILES string of the molecule is CCc1ccc(-n2c(SCc3c(F)cccc3Cl)nc3ccccc3c2=O)cc1. The van der Waals surface area contributed by atoms with Gasteiger partial charge in [0.05, 0.1) is 16.6 Å². The molecule has 0 bridgehead atoms. The van der Waals surface area contributed by atoms with Crippen molar-refractivity contribution in [1.82, 2.24) is 9.55 Å². The first-order chi connectivity index (χ1) is 14.1. The van der Waals surface area contributed by atoms with Crippen molar-refractivity contribution in [3.05, 3.63) is 99.1 Å². The number of para-hydroxylation sites is 1. The van der Waals surface area contributed by atoms with Crippen molar-refractivity contribution in [2.45, 2.75) is 24.3 Å². The lowest BCUT2D eigenvalue weighted by molar-refractivity contribution is 0.617. The van der Waals surface area contributed by atoms with Gasteiger partial charge < -0.3 is 0 Å². The maximum atomic E-state index is 14.2. The van der Waals surface area contributed by atoms with E-state index in [1.54, 1.807) is 28.8 Å². The molecule has 4 rings (SSSR count). The second-order valence-corrected chi connectivity index (χ2v) is 7.91. The molecule has 0 aliphatic heterocycles. The van der Waals surface area contributed by atoms with E-state index >= 15 is 0 Å². The summed E-state index contributed by atoms with van der Waals surface area (Å²) in [6.07, 6.45) is 0.915. The van der Waals surface area contributed by atoms with E-state index in [4.69, 9.17) is 11.6 Å². The molecule has 0 N–H and O–H groups in total. The van der Waals surface area contributed by atoms with E-state index in [2.05, 4.69) is 11.9 Å². The van der Waals surface area contributed by atoms with Gasteiger partial charge in [0.2, 0.25) is 0 Å². The van der Waals surface area contributed by atoms with Gasteiger partial charge in [-0.2, -0.15) is 0 Å². The van der Waals surface area contributed by atoms with E-state index in [0.29, 0.717) is 26.6 Å². The number of rotatable bonds is 5. The summed E-state index contributed by atoms with van der Waals surface area (Å²) < 4.78 is 15.8. The number of nitrogens with zero attached hydrogens (tertiary/aromatic N) is 2. The monoisotopic (exact) mass is 424 g/mol. The molecular formula is C23H18ClFN2OS. The van der Waals surface area contributed by atoms with Gasteiger partial charge in [0.15, 0.2) is 5.16 Å². The Morgan fingerprint density at radius 2 is 1.79 bits per heavy atom. The first kappa shape index (κ1) is 19.7. The molecule has 0 aliphatic carbocycles. The Balaban J connectivity index is 1.84. The van der Waals surface area contributed by atoms with Crippen LogP contribution >= 0.6 is 23.4 Å². The van der Waals surface area contributed by atoms with Crippen LogP contribution in [-0.4, -0.2) is 9.55 Å². The molecule has 0 radical (unpaired) electrons. The van der Waals surface area contributed by atoms with E-state index in [-0.39, 0.29) is 17.1 Å². The lowest BCUT2D eigenvalue weighted by Gasteiger charge is -2.14. The quantitative estimate of drug-likeness (QED) is 0.289. The summed E-state index contributed by atoms with van der Waals surface area (Å²) in [7, 11) is 0. The number of fused-ring (bicyclic) bond motifs is 1. The lowest BCUT2D eigenvalue weighted by Crippen LogP contribution is -2.21. The van der Waals surface area contributed by atoms with Gasteiger partial charge in [0, 0.05) is 16.3 Å². The van der Waals surface area contributed by atoms with Crippen LogP contribution in [0.4, 0.5) is 4.39 Å². The standard InChI is InChI=1S/C23H18ClFN2OS/c1-2-15-10-12-16(13-11-15)27-22(28)17-6-3-4-9-21(17)26-23(27)29-14-18-19(24)7-5-8-20(18)25/h3-13H,2,14H2,1H3. The van der Waals surface area contributed by atoms with Gasteiger partial charge in [0.25, 0.3) is 5.56 Å². The molecule has 1 heterocycles. The molecule has 3 aromatic carbocycles. The number of hydrogen-bond donors (Lipinski definition) is 0. The topological polar surface area (TPSA) is 34.9 Å². The molecule has 0 spiro atoms. The van der Waals surface area contributed by atoms with E-state index in [9.17, 15) is 9.18 Å². The van der Waals surface area contributed by atoms with Crippen molar-refractivity contribution in [1.29, 1.82) is 0 Å². The predicted molar refractivity (Wildman–Crippen MR) is 118 cm³/mol. The van der Waals surface area contributed by atoms with Gasteiger partial charge in [-0.15, -0.1) is 0 Å². The van der Waals surface area contributed by atoms with Gasteiger partial charge in [0.1, 0.15) is 5.82 Å². The zero-order valence-corrected chi connectivity index (χ0v) is 17.3. The molecular weight excluding hydrogens is 407 g/mol. The number of thioether (sulfide) groups is 1. The molecule has 0 aliphatic rings. The molecule has 1 aromatic heterocycles. The molecule has 0 fully saturated rings. The fourth-order valence-electron chi connectivity index (χ4n) is 3.12. The Hall–Kier alpha value is -2.63. The molecule has 6 heteroatoms. The van der Waals surface area contributed by atoms with E-state index in [0.717, 1.165) is 12.1 Å². The number of hydrogen-bond acceptors (Lipinski definition) is 3. The molecule has 3 nitrogen and oxygen atoms in total. The third-order valence-corrected chi connectivity index (χ3v) is 6.07. The highest BCUT2D eigenvalue weighted by molar-refractivity contribution is 7.98. The average molecular weight is 425 g/mol. The summed E-state index contributed by atoms with van der Waals surface area (Å²) in [5.41, 5.74) is 2.77. The van der Waals surface area contributed by atoms with Crippen LogP contribution in [0.3, 0.4) is 0 Å². The third kappa shape index (κ3) is 3.93. The lowest BCUT2D eigenvalue weighted by atomic mass is 10.1. The predicted octanol–water partition coefficient (Wildman–Crippen LogP) is 6.03. The molecule has 0 unspecified atom stereocenters. The highest BCUT2D eigenvalue weighted by Gasteiger charge is 2.15. The molecule has 4 aromatic rings. The summed E-state index contributed by atoms with van der Waals surface area (Å²) in [4.78, 5) is 17.9. The second-order valence-electron chi connectivity index (χ2n) is 6.56. The normalized spacial score (nSPS) is 11.1. The van der Waals surface area contributed by atoms with E-state index < -0.39 is 0 Å². The van der Waals surface area contributed by atoms with Crippen molar-refractivity contribution in [2.75, 3.05) is 0 Å².